The van der Waals surface area contributed by atoms with E-state index in [2.05, 4.69) is 5.32 Å². The van der Waals surface area contributed by atoms with Crippen molar-refractivity contribution in [3.05, 3.63) is 23.8 Å². The van der Waals surface area contributed by atoms with Crippen molar-refractivity contribution in [1.29, 1.82) is 0 Å². The second-order valence-corrected chi connectivity index (χ2v) is 4.54. The van der Waals surface area contributed by atoms with Crippen molar-refractivity contribution in [2.24, 2.45) is 11.7 Å². The molecule has 1 rings (SSSR count). The Morgan fingerprint density at radius 2 is 2.05 bits per heavy atom. The molecule has 1 atom stereocenters. The van der Waals surface area contributed by atoms with Crippen LogP contribution >= 0.6 is 0 Å². The minimum atomic E-state index is -0.540. The number of carbonyl (C=O) groups is 2. The average Bonchev–Trinajstić information content (AvgIpc) is 2.37. The maximum absolute atomic E-state index is 11.5. The molecular weight excluding hydrogens is 244 g/mol. The number of nitrogen functional groups attached to an aromatic ring is 1. The number of rotatable bonds is 5. The van der Waals surface area contributed by atoms with Crippen LogP contribution < -0.4 is 21.7 Å². The molecule has 0 saturated carbocycles. The quantitative estimate of drug-likeness (QED) is 0.660. The molecule has 0 saturated heterocycles. The highest BCUT2D eigenvalue weighted by atomic mass is 16.2. The zero-order chi connectivity index (χ0) is 14.6. The molecule has 19 heavy (non-hydrogen) atoms. The van der Waals surface area contributed by atoms with Gasteiger partial charge < -0.3 is 21.7 Å². The summed E-state index contributed by atoms with van der Waals surface area (Å²) in [4.78, 5) is 24.7. The molecule has 0 radical (unpaired) electrons. The third-order valence-electron chi connectivity index (χ3n) is 2.94. The van der Waals surface area contributed by atoms with E-state index in [0.717, 1.165) is 0 Å². The van der Waals surface area contributed by atoms with Crippen LogP contribution in [0.25, 0.3) is 0 Å². The highest BCUT2D eigenvalue weighted by Crippen LogP contribution is 2.22. The Morgan fingerprint density at radius 1 is 1.42 bits per heavy atom. The summed E-state index contributed by atoms with van der Waals surface area (Å²) in [5.41, 5.74) is 12.5. The first-order chi connectivity index (χ1) is 8.86. The molecule has 1 aromatic rings. The highest BCUT2D eigenvalue weighted by molar-refractivity contribution is 5.99. The van der Waals surface area contributed by atoms with Gasteiger partial charge in [-0.25, -0.2) is 0 Å². The van der Waals surface area contributed by atoms with E-state index in [1.807, 2.05) is 11.8 Å². The van der Waals surface area contributed by atoms with Gasteiger partial charge in [0.15, 0.2) is 0 Å². The summed E-state index contributed by atoms with van der Waals surface area (Å²) >= 11 is 0. The van der Waals surface area contributed by atoms with Gasteiger partial charge in [0, 0.05) is 32.0 Å². The van der Waals surface area contributed by atoms with Crippen molar-refractivity contribution < 1.29 is 9.59 Å². The van der Waals surface area contributed by atoms with Gasteiger partial charge in [-0.15, -0.1) is 0 Å². The molecule has 0 aliphatic carbocycles. The van der Waals surface area contributed by atoms with Crippen molar-refractivity contribution in [3.8, 4) is 0 Å². The summed E-state index contributed by atoms with van der Waals surface area (Å²) in [5, 5.41) is 2.59. The molecule has 2 amide bonds. The first kappa shape index (κ1) is 14.8. The number of nitrogens with one attached hydrogen (secondary N) is 1. The van der Waals surface area contributed by atoms with Crippen LogP contribution in [0.1, 0.15) is 17.3 Å². The molecule has 0 spiro atoms. The Bertz CT molecular complexity index is 488. The predicted molar refractivity (Wildman–Crippen MR) is 75.9 cm³/mol. The van der Waals surface area contributed by atoms with E-state index < -0.39 is 5.91 Å². The van der Waals surface area contributed by atoms with E-state index in [1.54, 1.807) is 32.3 Å². The van der Waals surface area contributed by atoms with Gasteiger partial charge in [-0.1, -0.05) is 6.92 Å². The largest absolute Gasteiger partial charge is 0.399 e. The minimum absolute atomic E-state index is 0.0529. The zero-order valence-corrected chi connectivity index (χ0v) is 11.4. The van der Waals surface area contributed by atoms with Crippen LogP contribution in [-0.4, -0.2) is 32.5 Å². The lowest BCUT2D eigenvalue weighted by molar-refractivity contribution is -0.123. The van der Waals surface area contributed by atoms with E-state index in [-0.39, 0.29) is 11.8 Å². The summed E-state index contributed by atoms with van der Waals surface area (Å²) in [5.74, 6) is -0.794. The molecule has 0 heterocycles. The molecule has 0 aromatic heterocycles. The summed E-state index contributed by atoms with van der Waals surface area (Å²) < 4.78 is 0. The fourth-order valence-electron chi connectivity index (χ4n) is 1.92. The van der Waals surface area contributed by atoms with E-state index in [9.17, 15) is 9.59 Å². The average molecular weight is 264 g/mol. The molecule has 0 fully saturated rings. The van der Waals surface area contributed by atoms with Gasteiger partial charge in [-0.2, -0.15) is 0 Å². The molecule has 1 aromatic carbocycles. The molecule has 104 valence electrons. The number of hydrogen-bond donors (Lipinski definition) is 3. The van der Waals surface area contributed by atoms with Gasteiger partial charge in [-0.3, -0.25) is 9.59 Å². The summed E-state index contributed by atoms with van der Waals surface area (Å²) in [7, 11) is 3.40. The van der Waals surface area contributed by atoms with Crippen molar-refractivity contribution >= 4 is 23.2 Å². The second-order valence-electron chi connectivity index (χ2n) is 4.54. The molecule has 0 aliphatic rings. The van der Waals surface area contributed by atoms with Gasteiger partial charge in [-0.05, 0) is 18.2 Å². The van der Waals surface area contributed by atoms with Gasteiger partial charge in [0.05, 0.1) is 11.5 Å². The monoisotopic (exact) mass is 264 g/mol. The molecule has 0 aliphatic heterocycles. The molecule has 5 N–H and O–H groups in total. The number of amides is 2. The Hall–Kier alpha value is -2.24. The minimum Gasteiger partial charge on any atom is -0.399 e. The third kappa shape index (κ3) is 3.61. The Labute approximate surface area is 112 Å². The lowest BCUT2D eigenvalue weighted by Gasteiger charge is -2.24. The van der Waals surface area contributed by atoms with Crippen LogP contribution in [0.2, 0.25) is 0 Å². The lowest BCUT2D eigenvalue weighted by Crippen LogP contribution is -2.35. The van der Waals surface area contributed by atoms with Crippen molar-refractivity contribution in [2.75, 3.05) is 31.3 Å². The van der Waals surface area contributed by atoms with Gasteiger partial charge in [0.2, 0.25) is 5.91 Å². The normalized spacial score (nSPS) is 11.7. The SMILES string of the molecule is CNC(=O)C(C)CN(C)c1ccc(N)cc1C(N)=O. The molecule has 6 heteroatoms. The fraction of sp³-hybridized carbons (Fsp3) is 0.385. The van der Waals surface area contributed by atoms with Crippen LogP contribution in [0, 0.1) is 5.92 Å². The Balaban J connectivity index is 2.96. The molecule has 1 unspecified atom stereocenters. The first-order valence-corrected chi connectivity index (χ1v) is 5.98. The number of nitrogens with zero attached hydrogens (tertiary/aromatic N) is 1. The van der Waals surface area contributed by atoms with E-state index in [1.165, 1.54) is 0 Å². The predicted octanol–water partition coefficient (Wildman–Crippen LogP) is 0.186. The standard InChI is InChI=1S/C13H20N4O2/c1-8(13(19)16-2)7-17(3)11-5-4-9(14)6-10(11)12(15)18/h4-6,8H,7,14H2,1-3H3,(H2,15,18)(H,16,19). The smallest absolute Gasteiger partial charge is 0.250 e. The first-order valence-electron chi connectivity index (χ1n) is 5.98. The maximum atomic E-state index is 11.5. The van der Waals surface area contributed by atoms with Crippen molar-refractivity contribution in [2.45, 2.75) is 6.92 Å². The van der Waals surface area contributed by atoms with Crippen LogP contribution in [0.15, 0.2) is 18.2 Å². The van der Waals surface area contributed by atoms with Crippen LogP contribution in [0.5, 0.6) is 0 Å². The summed E-state index contributed by atoms with van der Waals surface area (Å²) in [6.07, 6.45) is 0. The Kier molecular flexibility index (Phi) is 4.74. The van der Waals surface area contributed by atoms with Crippen LogP contribution in [-0.2, 0) is 4.79 Å². The summed E-state index contributed by atoms with van der Waals surface area (Å²) in [6.45, 7) is 2.29. The van der Waals surface area contributed by atoms with E-state index in [4.69, 9.17) is 11.5 Å². The fourth-order valence-corrected chi connectivity index (χ4v) is 1.92. The number of benzene rings is 1. The number of primary amides is 1. The highest BCUT2D eigenvalue weighted by Gasteiger charge is 2.17. The van der Waals surface area contributed by atoms with Gasteiger partial charge in [0.25, 0.3) is 5.91 Å². The molecule has 6 nitrogen and oxygen atoms in total. The lowest BCUT2D eigenvalue weighted by atomic mass is 10.1. The maximum Gasteiger partial charge on any atom is 0.250 e. The summed E-state index contributed by atoms with van der Waals surface area (Å²) in [6, 6.07) is 4.97. The Morgan fingerprint density at radius 3 is 2.58 bits per heavy atom. The van der Waals surface area contributed by atoms with Crippen LogP contribution in [0.3, 0.4) is 0 Å². The van der Waals surface area contributed by atoms with Crippen LogP contribution in [0.4, 0.5) is 11.4 Å². The zero-order valence-electron chi connectivity index (χ0n) is 11.4. The third-order valence-corrected chi connectivity index (χ3v) is 2.94. The number of carbonyl (C=O) groups excluding carboxylic acids is 2. The number of nitrogens with two attached hydrogens (primary N) is 2. The van der Waals surface area contributed by atoms with Crippen molar-refractivity contribution in [1.82, 2.24) is 5.32 Å². The molecular formula is C13H20N4O2. The van der Waals surface area contributed by atoms with Gasteiger partial charge >= 0.3 is 0 Å². The number of anilines is 2. The van der Waals surface area contributed by atoms with E-state index >= 15 is 0 Å². The van der Waals surface area contributed by atoms with E-state index in [0.29, 0.717) is 23.5 Å². The van der Waals surface area contributed by atoms with Gasteiger partial charge in [0.1, 0.15) is 0 Å². The number of hydrogen-bond acceptors (Lipinski definition) is 4. The molecule has 0 bridgehead atoms. The van der Waals surface area contributed by atoms with Crippen molar-refractivity contribution in [3.63, 3.8) is 0 Å². The topological polar surface area (TPSA) is 101 Å². The second kappa shape index (κ2) is 6.08.